The summed E-state index contributed by atoms with van der Waals surface area (Å²) in [4.78, 5) is 16.9. The van der Waals surface area contributed by atoms with Gasteiger partial charge in [0.15, 0.2) is 0 Å². The van der Waals surface area contributed by atoms with Gasteiger partial charge in [0.1, 0.15) is 18.3 Å². The zero-order valence-corrected chi connectivity index (χ0v) is 8.23. The zero-order chi connectivity index (χ0) is 10.2. The fraction of sp³-hybridized carbons (Fsp3) is 0.889. The second kappa shape index (κ2) is 3.49. The van der Waals surface area contributed by atoms with Crippen molar-refractivity contribution in [3.8, 4) is 0 Å². The molecule has 2 rings (SSSR count). The van der Waals surface area contributed by atoms with Gasteiger partial charge in [0, 0.05) is 6.61 Å². The van der Waals surface area contributed by atoms with E-state index in [4.69, 9.17) is 9.57 Å². The third-order valence-electron chi connectivity index (χ3n) is 2.70. The predicted octanol–water partition coefficient (Wildman–Crippen LogP) is -0.310. The molecule has 2 aliphatic rings. The summed E-state index contributed by atoms with van der Waals surface area (Å²) < 4.78 is 5.40. The number of β-amino-alcohol motifs (C(OH)–C–C–N with tert-alkyl or cyclic N) is 1. The van der Waals surface area contributed by atoms with Crippen molar-refractivity contribution in [2.45, 2.75) is 31.5 Å². The van der Waals surface area contributed by atoms with E-state index < -0.39 is 11.7 Å². The Kier molecular flexibility index (Phi) is 2.47. The second-order valence-corrected chi connectivity index (χ2v) is 4.00. The molecule has 2 fully saturated rings. The Labute approximate surface area is 82.5 Å². The van der Waals surface area contributed by atoms with Gasteiger partial charge in [-0.2, -0.15) is 0 Å². The van der Waals surface area contributed by atoms with Crippen LogP contribution in [0.2, 0.25) is 0 Å². The van der Waals surface area contributed by atoms with E-state index in [1.807, 2.05) is 0 Å². The summed E-state index contributed by atoms with van der Waals surface area (Å²) in [5.74, 6) is -0.174. The molecule has 2 unspecified atom stereocenters. The molecule has 0 spiro atoms. The molecule has 0 aromatic heterocycles. The van der Waals surface area contributed by atoms with E-state index in [0.717, 1.165) is 12.8 Å². The molecule has 0 aromatic rings. The normalized spacial score (nSPS) is 37.9. The molecule has 0 bridgehead atoms. The van der Waals surface area contributed by atoms with Gasteiger partial charge in [-0.15, -0.1) is 0 Å². The van der Waals surface area contributed by atoms with Crippen molar-refractivity contribution in [2.24, 2.45) is 0 Å². The molecule has 0 saturated carbocycles. The van der Waals surface area contributed by atoms with Crippen molar-refractivity contribution in [1.82, 2.24) is 5.06 Å². The number of aliphatic hydroxyl groups excluding tert-OH is 1. The molecule has 2 aliphatic heterocycles. The van der Waals surface area contributed by atoms with Crippen LogP contribution >= 0.6 is 0 Å². The topological polar surface area (TPSA) is 59.0 Å². The number of ether oxygens (including phenoxy) is 1. The Hall–Kier alpha value is -0.650. The summed E-state index contributed by atoms with van der Waals surface area (Å²) in [5.41, 5.74) is -0.746. The Morgan fingerprint density at radius 1 is 1.64 bits per heavy atom. The Bertz CT molecular complexity index is 237. The summed E-state index contributed by atoms with van der Waals surface area (Å²) in [5, 5.41) is 10.4. The van der Waals surface area contributed by atoms with Crippen molar-refractivity contribution in [1.29, 1.82) is 0 Å². The van der Waals surface area contributed by atoms with Gasteiger partial charge in [-0.05, 0) is 19.8 Å². The van der Waals surface area contributed by atoms with E-state index in [1.165, 1.54) is 5.06 Å². The standard InChI is InChI=1S/C9H15NO4/c1-9(3-2-4-13-9)8(12)10-5-7(11)6-14-10/h7,11H,2-6H2,1H3. The monoisotopic (exact) mass is 201 g/mol. The van der Waals surface area contributed by atoms with Gasteiger partial charge >= 0.3 is 0 Å². The van der Waals surface area contributed by atoms with Crippen LogP contribution in [0.15, 0.2) is 0 Å². The summed E-state index contributed by atoms with van der Waals surface area (Å²) in [7, 11) is 0. The van der Waals surface area contributed by atoms with Crippen molar-refractivity contribution in [3.05, 3.63) is 0 Å². The molecule has 2 atom stereocenters. The van der Waals surface area contributed by atoms with Crippen LogP contribution in [-0.2, 0) is 14.4 Å². The van der Waals surface area contributed by atoms with Gasteiger partial charge in [0.25, 0.3) is 5.91 Å². The molecule has 0 aromatic carbocycles. The maximum atomic E-state index is 11.9. The lowest BCUT2D eigenvalue weighted by atomic mass is 10.0. The smallest absolute Gasteiger partial charge is 0.278 e. The molecule has 1 amide bonds. The third-order valence-corrected chi connectivity index (χ3v) is 2.70. The minimum atomic E-state index is -0.746. The first kappa shape index (κ1) is 9.89. The third kappa shape index (κ3) is 1.63. The van der Waals surface area contributed by atoms with E-state index in [9.17, 15) is 9.90 Å². The fourth-order valence-electron chi connectivity index (χ4n) is 1.83. The van der Waals surface area contributed by atoms with Crippen LogP contribution in [-0.4, -0.2) is 47.5 Å². The maximum absolute atomic E-state index is 11.9. The van der Waals surface area contributed by atoms with Crippen LogP contribution in [0, 0.1) is 0 Å². The number of aliphatic hydroxyl groups is 1. The molecule has 2 saturated heterocycles. The van der Waals surface area contributed by atoms with Gasteiger partial charge in [0.05, 0.1) is 6.54 Å². The molecular weight excluding hydrogens is 186 g/mol. The van der Waals surface area contributed by atoms with Crippen LogP contribution in [0.25, 0.3) is 0 Å². The number of hydrogen-bond donors (Lipinski definition) is 1. The molecule has 1 N–H and O–H groups in total. The second-order valence-electron chi connectivity index (χ2n) is 4.00. The minimum Gasteiger partial charge on any atom is -0.389 e. The van der Waals surface area contributed by atoms with Crippen LogP contribution in [0.1, 0.15) is 19.8 Å². The number of amides is 1. The number of hydroxylamine groups is 2. The van der Waals surface area contributed by atoms with Gasteiger partial charge in [-0.3, -0.25) is 9.63 Å². The van der Waals surface area contributed by atoms with E-state index in [1.54, 1.807) is 6.92 Å². The van der Waals surface area contributed by atoms with Crippen molar-refractivity contribution in [3.63, 3.8) is 0 Å². The number of rotatable bonds is 1. The number of carbonyl (C=O) groups excluding carboxylic acids is 1. The van der Waals surface area contributed by atoms with E-state index in [2.05, 4.69) is 0 Å². The van der Waals surface area contributed by atoms with Crippen LogP contribution in [0.5, 0.6) is 0 Å². The maximum Gasteiger partial charge on any atom is 0.278 e. The summed E-state index contributed by atoms with van der Waals surface area (Å²) in [6.45, 7) is 2.84. The van der Waals surface area contributed by atoms with Crippen LogP contribution < -0.4 is 0 Å². The highest BCUT2D eigenvalue weighted by Crippen LogP contribution is 2.28. The SMILES string of the molecule is CC1(C(=O)N2CC(O)CO2)CCCO1. The quantitative estimate of drug-likeness (QED) is 0.632. The van der Waals surface area contributed by atoms with E-state index in [0.29, 0.717) is 6.61 Å². The predicted molar refractivity (Wildman–Crippen MR) is 47.3 cm³/mol. The largest absolute Gasteiger partial charge is 0.389 e. The Balaban J connectivity index is 2.00. The summed E-state index contributed by atoms with van der Waals surface area (Å²) in [6.07, 6.45) is 1.06. The van der Waals surface area contributed by atoms with E-state index >= 15 is 0 Å². The number of carbonyl (C=O) groups is 1. The fourth-order valence-corrected chi connectivity index (χ4v) is 1.83. The molecule has 80 valence electrons. The molecule has 14 heavy (non-hydrogen) atoms. The van der Waals surface area contributed by atoms with Crippen molar-refractivity contribution < 1.29 is 19.5 Å². The Morgan fingerprint density at radius 2 is 2.43 bits per heavy atom. The summed E-state index contributed by atoms with van der Waals surface area (Å²) >= 11 is 0. The molecular formula is C9H15NO4. The number of nitrogens with zero attached hydrogens (tertiary/aromatic N) is 1. The lowest BCUT2D eigenvalue weighted by molar-refractivity contribution is -0.188. The summed E-state index contributed by atoms with van der Waals surface area (Å²) in [6, 6.07) is 0. The van der Waals surface area contributed by atoms with Gasteiger partial charge < -0.3 is 9.84 Å². The first-order valence-electron chi connectivity index (χ1n) is 4.89. The van der Waals surface area contributed by atoms with Gasteiger partial charge in [0.2, 0.25) is 0 Å². The zero-order valence-electron chi connectivity index (χ0n) is 8.23. The molecule has 2 heterocycles. The highest BCUT2D eigenvalue weighted by Gasteiger charge is 2.43. The molecule has 0 radical (unpaired) electrons. The van der Waals surface area contributed by atoms with Crippen LogP contribution in [0.3, 0.4) is 0 Å². The first-order valence-corrected chi connectivity index (χ1v) is 4.89. The van der Waals surface area contributed by atoms with Gasteiger partial charge in [-0.1, -0.05) is 0 Å². The van der Waals surface area contributed by atoms with Crippen molar-refractivity contribution in [2.75, 3.05) is 19.8 Å². The molecule has 5 nitrogen and oxygen atoms in total. The van der Waals surface area contributed by atoms with Gasteiger partial charge in [-0.25, -0.2) is 5.06 Å². The molecule has 0 aliphatic carbocycles. The van der Waals surface area contributed by atoms with E-state index in [-0.39, 0.29) is 19.1 Å². The van der Waals surface area contributed by atoms with Crippen LogP contribution in [0.4, 0.5) is 0 Å². The van der Waals surface area contributed by atoms with Crippen molar-refractivity contribution >= 4 is 5.91 Å². The number of hydrogen-bond acceptors (Lipinski definition) is 4. The first-order chi connectivity index (χ1) is 6.62. The highest BCUT2D eigenvalue weighted by atomic mass is 16.7. The average molecular weight is 201 g/mol. The lowest BCUT2D eigenvalue weighted by Gasteiger charge is -2.26. The minimum absolute atomic E-state index is 0.174. The average Bonchev–Trinajstić information content (AvgIpc) is 2.74. The molecule has 5 heteroatoms. The highest BCUT2D eigenvalue weighted by molar-refractivity contribution is 5.84. The lowest BCUT2D eigenvalue weighted by Crippen LogP contribution is -2.45. The Morgan fingerprint density at radius 3 is 2.93 bits per heavy atom.